The first-order valence-electron chi connectivity index (χ1n) is 44.6. The van der Waals surface area contributed by atoms with E-state index in [1.54, 1.807) is 65.4 Å². The summed E-state index contributed by atoms with van der Waals surface area (Å²) in [6, 6.07) is 41.2. The Hall–Kier alpha value is -13.4. The fourth-order valence-electron chi connectivity index (χ4n) is 17.7. The van der Waals surface area contributed by atoms with Gasteiger partial charge in [-0.25, -0.2) is 83.6 Å². The smallest absolute Gasteiger partial charge is 0.277 e. The number of hydrogen-bond acceptors (Lipinski definition) is 33. The van der Waals surface area contributed by atoms with Crippen molar-refractivity contribution < 1.29 is 75.5 Å². The van der Waals surface area contributed by atoms with Gasteiger partial charge in [-0.1, -0.05) is 99.3 Å². The van der Waals surface area contributed by atoms with Crippen LogP contribution in [0.15, 0.2) is 196 Å². The summed E-state index contributed by atoms with van der Waals surface area (Å²) in [4.78, 5) is 114. The van der Waals surface area contributed by atoms with Crippen LogP contribution in [0.1, 0.15) is 111 Å². The average Bonchev–Trinajstić information content (AvgIpc) is 0.854. The van der Waals surface area contributed by atoms with Crippen molar-refractivity contribution >= 4 is 99.9 Å². The van der Waals surface area contributed by atoms with Crippen molar-refractivity contribution in [2.45, 2.75) is 101 Å². The van der Waals surface area contributed by atoms with Crippen molar-refractivity contribution in [2.75, 3.05) is 159 Å². The van der Waals surface area contributed by atoms with E-state index in [4.69, 9.17) is 39.5 Å². The minimum atomic E-state index is -3.53. The number of amides is 4. The molecule has 0 bridgehead atoms. The number of hydrogen-bond donors (Lipinski definition) is 8. The number of benzene rings is 6. The van der Waals surface area contributed by atoms with Crippen LogP contribution in [-0.4, -0.2) is 285 Å². The van der Waals surface area contributed by atoms with E-state index in [0.717, 1.165) is 156 Å². The van der Waals surface area contributed by atoms with E-state index in [9.17, 15) is 40.8 Å². The minimum Gasteiger partial charge on any atom is -0.493 e. The van der Waals surface area contributed by atoms with E-state index in [2.05, 4.69) is 105 Å². The van der Waals surface area contributed by atoms with Crippen LogP contribution in [0.5, 0.6) is 17.2 Å². The molecule has 6 aliphatic rings. The molecule has 0 atom stereocenters. The Morgan fingerprint density at radius 1 is 0.441 bits per heavy atom. The first kappa shape index (κ1) is 98.6. The molecule has 6 aliphatic heterocycles. The minimum absolute atomic E-state index is 0. The first-order chi connectivity index (χ1) is 65.5. The predicted molar refractivity (Wildman–Crippen MR) is 507 cm³/mol. The van der Waals surface area contributed by atoms with Crippen LogP contribution in [0.2, 0.25) is 0 Å². The Morgan fingerprint density at radius 2 is 0.831 bits per heavy atom. The topological polar surface area (TPSA) is 474 Å². The van der Waals surface area contributed by atoms with Gasteiger partial charge in [0.25, 0.3) is 29.2 Å². The highest BCUT2D eigenvalue weighted by atomic mass is 32.2. The maximum absolute atomic E-state index is 13.4. The van der Waals surface area contributed by atoms with Crippen molar-refractivity contribution in [1.29, 1.82) is 0 Å². The number of carbonyl (C=O) groups excluding carboxylic acids is 4. The van der Waals surface area contributed by atoms with Crippen molar-refractivity contribution in [3.8, 4) is 28.6 Å². The van der Waals surface area contributed by atoms with Gasteiger partial charge in [-0.2, -0.15) is 8.61 Å². The second kappa shape index (κ2) is 45.3. The summed E-state index contributed by atoms with van der Waals surface area (Å²) >= 11 is 0. The third-order valence-electron chi connectivity index (χ3n) is 25.4. The molecule has 0 aliphatic carbocycles. The van der Waals surface area contributed by atoms with E-state index >= 15 is 0 Å². The Morgan fingerprint density at radius 3 is 1.24 bits per heavy atom. The quantitative estimate of drug-likeness (QED) is 0.0220. The molecule has 18 rings (SSSR count). The molecule has 12 aromatic rings. The van der Waals surface area contributed by atoms with Gasteiger partial charge in [0.05, 0.1) is 65.3 Å². The molecule has 0 unspecified atom stereocenters. The van der Waals surface area contributed by atoms with Crippen LogP contribution in [0.4, 0.5) is 23.8 Å². The summed E-state index contributed by atoms with van der Waals surface area (Å²) in [5, 5.41) is 39.1. The summed E-state index contributed by atoms with van der Waals surface area (Å²) < 4.78 is 80.3. The summed E-state index contributed by atoms with van der Waals surface area (Å²) in [5.74, 6) is 3.52. The number of sulfonamides is 2. The number of hydroxylamine groups is 4. The summed E-state index contributed by atoms with van der Waals surface area (Å²) in [7, 11) is -2.52. The second-order valence-corrected chi connectivity index (χ2v) is 37.2. The Balaban J connectivity index is 0.000000145. The van der Waals surface area contributed by atoms with Crippen LogP contribution >= 0.6 is 0 Å². The molecule has 718 valence electrons. The van der Waals surface area contributed by atoms with Crippen LogP contribution in [0.25, 0.3) is 43.8 Å². The molecule has 136 heavy (non-hydrogen) atoms. The normalized spacial score (nSPS) is 16.4. The number of aromatic nitrogens is 10. The molecule has 40 nitrogen and oxygen atoms in total. The van der Waals surface area contributed by atoms with Gasteiger partial charge in [-0.3, -0.25) is 64.1 Å². The molecular formula is C94H113N23O17S2. The largest absolute Gasteiger partial charge is 0.493 e. The molecule has 4 amide bonds. The highest BCUT2D eigenvalue weighted by molar-refractivity contribution is 7.89. The lowest BCUT2D eigenvalue weighted by Crippen LogP contribution is -2.54. The zero-order valence-corrected chi connectivity index (χ0v) is 77.1. The van der Waals surface area contributed by atoms with Crippen molar-refractivity contribution in [1.82, 2.24) is 94.7 Å². The van der Waals surface area contributed by atoms with Crippen molar-refractivity contribution in [3.05, 3.63) is 227 Å². The van der Waals surface area contributed by atoms with Crippen molar-refractivity contribution in [3.63, 3.8) is 0 Å². The van der Waals surface area contributed by atoms with Gasteiger partial charge in [0.1, 0.15) is 22.9 Å². The van der Waals surface area contributed by atoms with E-state index < -0.39 is 43.7 Å². The number of rotatable bonds is 23. The van der Waals surface area contributed by atoms with Gasteiger partial charge in [-0.05, 0) is 127 Å². The maximum atomic E-state index is 13.4. The molecule has 0 saturated carbocycles. The molecule has 0 spiro atoms. The van der Waals surface area contributed by atoms with Crippen LogP contribution in [0, 0.1) is 12.8 Å². The number of nitrogens with one attached hydrogen (secondary N) is 4. The van der Waals surface area contributed by atoms with E-state index in [1.165, 1.54) is 76.5 Å². The number of piperidine rings is 3. The van der Waals surface area contributed by atoms with Gasteiger partial charge in [0, 0.05) is 192 Å². The number of nitrogens with zero attached hydrogens (tertiary/aromatic N) is 19. The third-order valence-corrected chi connectivity index (χ3v) is 29.2. The lowest BCUT2D eigenvalue weighted by molar-refractivity contribution is 0.0701. The predicted octanol–water partition coefficient (Wildman–Crippen LogP) is 8.38. The lowest BCUT2D eigenvalue weighted by atomic mass is 9.96. The van der Waals surface area contributed by atoms with Crippen LogP contribution < -0.4 is 61.3 Å². The lowest BCUT2D eigenvalue weighted by Gasteiger charge is -2.42. The fraction of sp³-hybridized carbons (Fsp3) is 0.383. The number of aryl methyl sites for hydroxylation is 2. The number of carbonyl (C=O) groups is 4. The Bertz CT molecular complexity index is 6200. The monoisotopic (exact) mass is 1900 g/mol. The molecule has 0 radical (unpaired) electrons. The molecule has 6 aromatic heterocycles. The van der Waals surface area contributed by atoms with Crippen LogP contribution in [0.3, 0.4) is 0 Å². The van der Waals surface area contributed by atoms with Gasteiger partial charge in [-0.15, -0.1) is 0 Å². The van der Waals surface area contributed by atoms with E-state index in [-0.39, 0.29) is 41.2 Å². The van der Waals surface area contributed by atoms with Gasteiger partial charge < -0.3 is 38.2 Å². The van der Waals surface area contributed by atoms with Crippen molar-refractivity contribution in [2.24, 2.45) is 5.92 Å². The molecule has 12 heterocycles. The fourth-order valence-corrected chi connectivity index (χ4v) is 20.6. The van der Waals surface area contributed by atoms with Gasteiger partial charge in [0.15, 0.2) is 11.5 Å². The number of ether oxygens (including phenoxy) is 3. The van der Waals surface area contributed by atoms with E-state index in [0.29, 0.717) is 139 Å². The average molecular weight is 1900 g/mol. The Kier molecular flexibility index (Phi) is 32.8. The number of anilines is 4. The van der Waals surface area contributed by atoms with E-state index in [1.807, 2.05) is 84.6 Å². The number of piperazine rings is 3. The number of furan rings is 1. The SMILES string of the molecule is C.CCc1ccc(-c2ccc(CN3CCN(c4ncc(C(=O)NO)cn4)CC3)o2)cc1.COc1cc2c(=O)n(CC3CCN(c4ncc(C(=O)NO)cn4)CC3)c(C)nc2c(OC)c1OC.O=C(NO)c1cnc(N2CCC(N3CCN(S(=O)(=O)c4ccc5ccccc5c4)CC3)CC2)nc1.O=C(NO)c1cnc(N2CCN(C3CCN(S(=O)(=O)c4ccc5ccccc5c4)CC3)CC2)nc1. The molecular weight excluding hydrogens is 1790 g/mol. The maximum Gasteiger partial charge on any atom is 0.277 e. The second-order valence-electron chi connectivity index (χ2n) is 33.3. The zero-order chi connectivity index (χ0) is 94.9. The number of fused-ring (bicyclic) bond motifs is 3. The first-order valence-corrected chi connectivity index (χ1v) is 47.5. The molecule has 6 aromatic carbocycles. The molecule has 6 fully saturated rings. The molecule has 6 saturated heterocycles. The molecule has 8 N–H and O–H groups in total. The Labute approximate surface area is 786 Å². The summed E-state index contributed by atoms with van der Waals surface area (Å²) in [6.45, 7) is 18.1. The van der Waals surface area contributed by atoms with Gasteiger partial charge >= 0.3 is 0 Å². The highest BCUT2D eigenvalue weighted by Gasteiger charge is 2.37. The van der Waals surface area contributed by atoms with Crippen LogP contribution in [-0.2, 0) is 39.6 Å². The highest BCUT2D eigenvalue weighted by Crippen LogP contribution is 2.42. The zero-order valence-electron chi connectivity index (χ0n) is 75.5. The number of methoxy groups -OCH3 is 3. The third kappa shape index (κ3) is 23.0. The standard InChI is InChI=1S/2C24H28N6O4S.C23H28N6O6.C22H25N5O3.CH4/c31-23(27-32)20-16-25-24(26-17-20)29-13-11-28(12-14-29)21-7-9-30(10-8-21)35(33,34)22-6-5-18-3-1-2-4-19(18)15-22;31-23(27-32)20-16-25-24(26-17-20)29-9-7-21(8-10-29)28-11-13-30(14-12-28)35(33,34)22-6-5-18-3-1-2-4-19(18)15-22;1-13-26-18-16(9-17(33-2)19(34-3)20(18)35-4)22(31)29(13)12-14-5-7-28(8-6-14)23-24-10-15(11-25-23)21(30)27-32;1-2-16-3-5-17(6-4-16)20-8-7-19(30-20)15-26-9-11-27(12-10-26)22-23-13-18(14-24-22)21(28)25-29;/h2*1-6,15-17,21,32H,7-14H2,(H,27,31);9-11,14,32H,5-8,12H2,1-4H3,(H,27,30);3-8,13-14,29H,2,9-12,15H2,1H3,(H,25,28);1H4. The summed E-state index contributed by atoms with van der Waals surface area (Å²) in [6.07, 6.45) is 17.3. The van der Waals surface area contributed by atoms with Gasteiger partial charge in [0.2, 0.25) is 49.6 Å². The molecule has 42 heteroatoms. The summed E-state index contributed by atoms with van der Waals surface area (Å²) in [5.41, 5.74) is 9.77.